The first-order chi connectivity index (χ1) is 12.5. The molecule has 4 heteroatoms. The highest BCUT2D eigenvalue weighted by Gasteiger charge is 2.48. The Labute approximate surface area is 155 Å². The Balaban J connectivity index is 1.32. The summed E-state index contributed by atoms with van der Waals surface area (Å²) in [5.41, 5.74) is 1.68. The van der Waals surface area contributed by atoms with Crippen LogP contribution < -0.4 is 0 Å². The smallest absolute Gasteiger partial charge is 0.115 e. The lowest BCUT2D eigenvalue weighted by Crippen LogP contribution is -2.33. The van der Waals surface area contributed by atoms with Gasteiger partial charge in [0.25, 0.3) is 0 Å². The van der Waals surface area contributed by atoms with Crippen molar-refractivity contribution in [2.24, 2.45) is 11.8 Å². The van der Waals surface area contributed by atoms with Crippen LogP contribution in [0.2, 0.25) is 0 Å². The van der Waals surface area contributed by atoms with Gasteiger partial charge in [0.1, 0.15) is 5.75 Å². The molecule has 1 aliphatic carbocycles. The van der Waals surface area contributed by atoms with E-state index in [0.717, 1.165) is 38.2 Å². The maximum absolute atomic E-state index is 11.0. The molecule has 2 aliphatic rings. The Hall–Kier alpha value is -1.91. The summed E-state index contributed by atoms with van der Waals surface area (Å²) >= 11 is 0. The van der Waals surface area contributed by atoms with E-state index < -0.39 is 5.60 Å². The lowest BCUT2D eigenvalue weighted by Gasteiger charge is -2.27. The minimum absolute atomic E-state index is 0.323. The lowest BCUT2D eigenvalue weighted by molar-refractivity contribution is 0.0344. The van der Waals surface area contributed by atoms with E-state index in [1.54, 1.807) is 18.3 Å². The van der Waals surface area contributed by atoms with Crippen LogP contribution >= 0.6 is 0 Å². The molecule has 2 heterocycles. The minimum atomic E-state index is -0.585. The van der Waals surface area contributed by atoms with Gasteiger partial charge in [-0.3, -0.25) is 4.98 Å². The van der Waals surface area contributed by atoms with Gasteiger partial charge in [-0.1, -0.05) is 25.1 Å². The fourth-order valence-electron chi connectivity index (χ4n) is 4.99. The molecule has 1 aliphatic heterocycles. The van der Waals surface area contributed by atoms with Crippen LogP contribution in [0.5, 0.6) is 5.75 Å². The highest BCUT2D eigenvalue weighted by Crippen LogP contribution is 2.45. The highest BCUT2D eigenvalue weighted by atomic mass is 16.3. The lowest BCUT2D eigenvalue weighted by atomic mass is 9.93. The largest absolute Gasteiger partial charge is 0.508 e. The van der Waals surface area contributed by atoms with Crippen LogP contribution in [0.1, 0.15) is 36.9 Å². The van der Waals surface area contributed by atoms with Crippen molar-refractivity contribution in [3.8, 4) is 5.75 Å². The van der Waals surface area contributed by atoms with Crippen molar-refractivity contribution in [2.45, 2.75) is 37.7 Å². The number of likely N-dealkylation sites (tertiary alicyclic amines) is 1. The number of rotatable bonds is 5. The van der Waals surface area contributed by atoms with Gasteiger partial charge in [0.2, 0.25) is 0 Å². The number of hydrogen-bond donors (Lipinski definition) is 2. The molecule has 2 aromatic rings. The second-order valence-electron chi connectivity index (χ2n) is 8.36. The number of phenols is 1. The average Bonchev–Trinajstić information content (AvgIpc) is 3.10. The van der Waals surface area contributed by atoms with E-state index >= 15 is 0 Å². The number of benzene rings is 1. The maximum atomic E-state index is 11.0. The molecule has 0 amide bonds. The molecular formula is C22H28N2O2. The number of fused-ring (bicyclic) bond motifs is 1. The molecule has 138 valence electrons. The van der Waals surface area contributed by atoms with Crippen LogP contribution in [0, 0.1) is 11.8 Å². The van der Waals surface area contributed by atoms with Crippen LogP contribution in [0.3, 0.4) is 0 Å². The van der Waals surface area contributed by atoms with Crippen molar-refractivity contribution in [3.05, 3.63) is 59.9 Å². The van der Waals surface area contributed by atoms with Gasteiger partial charge in [0, 0.05) is 37.9 Å². The first-order valence-electron chi connectivity index (χ1n) is 9.64. The summed E-state index contributed by atoms with van der Waals surface area (Å²) in [5.74, 6) is 1.96. The van der Waals surface area contributed by atoms with E-state index in [-0.39, 0.29) is 0 Å². The summed E-state index contributed by atoms with van der Waals surface area (Å²) in [6, 6.07) is 13.5. The molecule has 1 aromatic heterocycles. The quantitative estimate of drug-likeness (QED) is 0.868. The molecule has 1 saturated carbocycles. The first-order valence-corrected chi connectivity index (χ1v) is 9.64. The molecule has 0 bridgehead atoms. The van der Waals surface area contributed by atoms with E-state index in [2.05, 4.69) is 16.8 Å². The fourth-order valence-corrected chi connectivity index (χ4v) is 4.99. The summed E-state index contributed by atoms with van der Waals surface area (Å²) in [6.07, 6.45) is 4.25. The average molecular weight is 352 g/mol. The number of aromatic nitrogens is 1. The number of hydrogen-bond acceptors (Lipinski definition) is 4. The molecule has 4 atom stereocenters. The Bertz CT molecular complexity index is 718. The van der Waals surface area contributed by atoms with Gasteiger partial charge in [0.15, 0.2) is 0 Å². The van der Waals surface area contributed by atoms with E-state index in [9.17, 15) is 10.2 Å². The zero-order valence-corrected chi connectivity index (χ0v) is 15.4. The van der Waals surface area contributed by atoms with E-state index in [1.165, 1.54) is 5.56 Å². The molecule has 2 N–H and O–H groups in total. The van der Waals surface area contributed by atoms with Crippen molar-refractivity contribution in [1.29, 1.82) is 0 Å². The van der Waals surface area contributed by atoms with Gasteiger partial charge in [0.05, 0.1) is 5.60 Å². The van der Waals surface area contributed by atoms with Crippen LogP contribution in [0.4, 0.5) is 0 Å². The molecule has 0 radical (unpaired) electrons. The third-order valence-corrected chi connectivity index (χ3v) is 6.17. The predicted octanol–water partition coefficient (Wildman–Crippen LogP) is 3.21. The molecule has 26 heavy (non-hydrogen) atoms. The number of aliphatic hydroxyl groups is 1. The zero-order chi connectivity index (χ0) is 18.1. The molecule has 0 spiro atoms. The minimum Gasteiger partial charge on any atom is -0.508 e. The molecule has 2 fully saturated rings. The summed E-state index contributed by atoms with van der Waals surface area (Å²) in [4.78, 5) is 6.94. The SMILES string of the molecule is CC(CN1C[C@@H]2CC(O)(Cc3ccccn3)C[C@@H]2C1)c1ccc(O)cc1. The Kier molecular flexibility index (Phi) is 4.72. The van der Waals surface area contributed by atoms with E-state index in [4.69, 9.17) is 0 Å². The fraction of sp³-hybridized carbons (Fsp3) is 0.500. The molecule has 2 unspecified atom stereocenters. The molecule has 4 rings (SSSR count). The van der Waals surface area contributed by atoms with Crippen molar-refractivity contribution in [1.82, 2.24) is 9.88 Å². The molecule has 4 nitrogen and oxygen atoms in total. The Morgan fingerprint density at radius 2 is 1.81 bits per heavy atom. The van der Waals surface area contributed by atoms with Crippen molar-refractivity contribution in [3.63, 3.8) is 0 Å². The third kappa shape index (κ3) is 3.76. The van der Waals surface area contributed by atoms with Crippen molar-refractivity contribution in [2.75, 3.05) is 19.6 Å². The number of aromatic hydroxyl groups is 1. The standard InChI is InChI=1S/C22H28N2O2/c1-16(17-5-7-21(25)8-6-17)13-24-14-18-10-22(26,11-19(18)15-24)12-20-4-2-3-9-23-20/h2-9,16,18-19,25-26H,10-15H2,1H3/t16?,18-,19+,22?. The topological polar surface area (TPSA) is 56.6 Å². The predicted molar refractivity (Wildman–Crippen MR) is 102 cm³/mol. The zero-order valence-electron chi connectivity index (χ0n) is 15.4. The normalized spacial score (nSPS) is 29.6. The Morgan fingerprint density at radius 1 is 1.12 bits per heavy atom. The summed E-state index contributed by atoms with van der Waals surface area (Å²) in [7, 11) is 0. The second kappa shape index (κ2) is 7.01. The molecule has 1 saturated heterocycles. The first kappa shape index (κ1) is 17.5. The second-order valence-corrected chi connectivity index (χ2v) is 8.36. The molecule has 1 aromatic carbocycles. The number of phenolic OH excluding ortho intramolecular Hbond substituents is 1. The van der Waals surface area contributed by atoms with Crippen LogP contribution in [0.25, 0.3) is 0 Å². The van der Waals surface area contributed by atoms with E-state index in [0.29, 0.717) is 29.9 Å². The Morgan fingerprint density at radius 3 is 2.42 bits per heavy atom. The van der Waals surface area contributed by atoms with E-state index in [1.807, 2.05) is 30.3 Å². The van der Waals surface area contributed by atoms with Crippen LogP contribution in [-0.2, 0) is 6.42 Å². The summed E-state index contributed by atoms with van der Waals surface area (Å²) in [6.45, 7) is 5.45. The maximum Gasteiger partial charge on any atom is 0.115 e. The summed E-state index contributed by atoms with van der Waals surface area (Å²) < 4.78 is 0. The van der Waals surface area contributed by atoms with Gasteiger partial charge in [-0.2, -0.15) is 0 Å². The van der Waals surface area contributed by atoms with Gasteiger partial charge in [-0.15, -0.1) is 0 Å². The highest BCUT2D eigenvalue weighted by molar-refractivity contribution is 5.28. The van der Waals surface area contributed by atoms with Crippen LogP contribution in [0.15, 0.2) is 48.7 Å². The van der Waals surface area contributed by atoms with Gasteiger partial charge in [-0.25, -0.2) is 0 Å². The summed E-state index contributed by atoms with van der Waals surface area (Å²) in [5, 5.41) is 20.5. The number of nitrogens with zero attached hydrogens (tertiary/aromatic N) is 2. The van der Waals surface area contributed by atoms with Crippen LogP contribution in [-0.4, -0.2) is 45.3 Å². The van der Waals surface area contributed by atoms with Gasteiger partial charge < -0.3 is 15.1 Å². The monoisotopic (exact) mass is 352 g/mol. The van der Waals surface area contributed by atoms with Crippen molar-refractivity contribution >= 4 is 0 Å². The van der Waals surface area contributed by atoms with Gasteiger partial charge in [-0.05, 0) is 60.4 Å². The number of pyridine rings is 1. The van der Waals surface area contributed by atoms with Gasteiger partial charge >= 0.3 is 0 Å². The van der Waals surface area contributed by atoms with Crippen molar-refractivity contribution < 1.29 is 10.2 Å². The molecular weight excluding hydrogens is 324 g/mol. The third-order valence-electron chi connectivity index (χ3n) is 6.17.